The van der Waals surface area contributed by atoms with Gasteiger partial charge in [-0.25, -0.2) is 0 Å². The quantitative estimate of drug-likeness (QED) is 0.561. The highest BCUT2D eigenvalue weighted by atomic mass is 16.3. The lowest BCUT2D eigenvalue weighted by Crippen LogP contribution is -1.97. The van der Waals surface area contributed by atoms with Crippen molar-refractivity contribution in [2.24, 2.45) is 5.92 Å². The summed E-state index contributed by atoms with van der Waals surface area (Å²) in [4.78, 5) is 0. The SMILES string of the molecule is CC1C=C(CO)C=CC1. The minimum absolute atomic E-state index is 0.181. The van der Waals surface area contributed by atoms with Gasteiger partial charge in [0.1, 0.15) is 0 Å². The van der Waals surface area contributed by atoms with Gasteiger partial charge in [0.2, 0.25) is 0 Å². The first-order valence-electron chi connectivity index (χ1n) is 3.31. The second kappa shape index (κ2) is 2.83. The van der Waals surface area contributed by atoms with E-state index >= 15 is 0 Å². The molecule has 1 aliphatic carbocycles. The van der Waals surface area contributed by atoms with Crippen molar-refractivity contribution in [3.05, 3.63) is 23.8 Å². The van der Waals surface area contributed by atoms with Crippen LogP contribution < -0.4 is 0 Å². The first kappa shape index (κ1) is 6.56. The Bertz CT molecular complexity index is 145. The van der Waals surface area contributed by atoms with Gasteiger partial charge in [-0.05, 0) is 17.9 Å². The highest BCUT2D eigenvalue weighted by Gasteiger charge is 2.01. The van der Waals surface area contributed by atoms with E-state index in [0.29, 0.717) is 5.92 Å². The van der Waals surface area contributed by atoms with Gasteiger partial charge in [-0.3, -0.25) is 0 Å². The van der Waals surface area contributed by atoms with Crippen LogP contribution in [0.3, 0.4) is 0 Å². The smallest absolute Gasteiger partial charge is 0.0678 e. The number of rotatable bonds is 1. The topological polar surface area (TPSA) is 20.2 Å². The van der Waals surface area contributed by atoms with E-state index < -0.39 is 0 Å². The lowest BCUT2D eigenvalue weighted by Gasteiger charge is -2.09. The monoisotopic (exact) mass is 124 g/mol. The van der Waals surface area contributed by atoms with Gasteiger partial charge in [0.05, 0.1) is 6.61 Å². The summed E-state index contributed by atoms with van der Waals surface area (Å²) in [5.74, 6) is 0.608. The highest BCUT2D eigenvalue weighted by molar-refractivity contribution is 5.23. The molecule has 1 aliphatic rings. The van der Waals surface area contributed by atoms with Crippen LogP contribution in [-0.4, -0.2) is 11.7 Å². The predicted molar refractivity (Wildman–Crippen MR) is 38.1 cm³/mol. The summed E-state index contributed by atoms with van der Waals surface area (Å²) in [6, 6.07) is 0. The van der Waals surface area contributed by atoms with E-state index in [9.17, 15) is 0 Å². The van der Waals surface area contributed by atoms with Crippen molar-refractivity contribution in [2.75, 3.05) is 6.61 Å². The first-order valence-corrected chi connectivity index (χ1v) is 3.31. The molecule has 0 amide bonds. The van der Waals surface area contributed by atoms with Crippen molar-refractivity contribution >= 4 is 0 Å². The Hall–Kier alpha value is -0.560. The molecular weight excluding hydrogens is 112 g/mol. The molecule has 0 aliphatic heterocycles. The standard InChI is InChI=1S/C8H12O/c1-7-3-2-4-8(5-7)6-9/h2,4-5,7,9H,3,6H2,1H3. The highest BCUT2D eigenvalue weighted by Crippen LogP contribution is 2.14. The van der Waals surface area contributed by atoms with Crippen LogP contribution in [0.5, 0.6) is 0 Å². The number of allylic oxidation sites excluding steroid dienone is 2. The molecule has 1 nitrogen and oxygen atoms in total. The third-order valence-electron chi connectivity index (χ3n) is 1.52. The van der Waals surface area contributed by atoms with E-state index in [-0.39, 0.29) is 6.61 Å². The van der Waals surface area contributed by atoms with E-state index in [0.717, 1.165) is 12.0 Å². The Morgan fingerprint density at radius 3 is 3.00 bits per heavy atom. The van der Waals surface area contributed by atoms with E-state index in [1.807, 2.05) is 6.08 Å². The molecule has 0 radical (unpaired) electrons. The average Bonchev–Trinajstić information content (AvgIpc) is 1.88. The fraction of sp³-hybridized carbons (Fsp3) is 0.500. The molecule has 0 spiro atoms. The van der Waals surface area contributed by atoms with E-state index in [1.54, 1.807) is 0 Å². The first-order chi connectivity index (χ1) is 4.33. The number of hydrogen-bond acceptors (Lipinski definition) is 1. The molecular formula is C8H12O. The van der Waals surface area contributed by atoms with E-state index in [4.69, 9.17) is 5.11 Å². The fourth-order valence-electron chi connectivity index (χ4n) is 1.03. The third kappa shape index (κ3) is 1.68. The van der Waals surface area contributed by atoms with Crippen LogP contribution in [0.1, 0.15) is 13.3 Å². The van der Waals surface area contributed by atoms with Gasteiger partial charge in [-0.1, -0.05) is 25.2 Å². The van der Waals surface area contributed by atoms with Crippen molar-refractivity contribution < 1.29 is 5.11 Å². The Morgan fingerprint density at radius 2 is 2.56 bits per heavy atom. The Kier molecular flexibility index (Phi) is 2.06. The zero-order valence-electron chi connectivity index (χ0n) is 5.67. The molecule has 0 aromatic rings. The molecule has 0 saturated heterocycles. The second-order valence-corrected chi connectivity index (χ2v) is 2.52. The number of aliphatic hydroxyl groups excluding tert-OH is 1. The Morgan fingerprint density at radius 1 is 1.78 bits per heavy atom. The summed E-state index contributed by atoms with van der Waals surface area (Å²) in [6.07, 6.45) is 7.32. The van der Waals surface area contributed by atoms with Crippen molar-refractivity contribution in [2.45, 2.75) is 13.3 Å². The maximum atomic E-state index is 8.69. The third-order valence-corrected chi connectivity index (χ3v) is 1.52. The fourth-order valence-corrected chi connectivity index (χ4v) is 1.03. The lowest BCUT2D eigenvalue weighted by molar-refractivity contribution is 0.333. The molecule has 9 heavy (non-hydrogen) atoms. The molecule has 1 heteroatoms. The second-order valence-electron chi connectivity index (χ2n) is 2.52. The molecule has 0 bridgehead atoms. The Labute approximate surface area is 55.7 Å². The molecule has 0 fully saturated rings. The Balaban J connectivity index is 2.59. The van der Waals surface area contributed by atoms with Crippen molar-refractivity contribution in [1.82, 2.24) is 0 Å². The average molecular weight is 124 g/mol. The van der Waals surface area contributed by atoms with E-state index in [2.05, 4.69) is 19.1 Å². The zero-order chi connectivity index (χ0) is 6.69. The van der Waals surface area contributed by atoms with Crippen LogP contribution in [0.4, 0.5) is 0 Å². The van der Waals surface area contributed by atoms with Gasteiger partial charge in [-0.2, -0.15) is 0 Å². The van der Waals surface area contributed by atoms with Crippen molar-refractivity contribution in [1.29, 1.82) is 0 Å². The molecule has 1 rings (SSSR count). The maximum absolute atomic E-state index is 8.69. The largest absolute Gasteiger partial charge is 0.392 e. The van der Waals surface area contributed by atoms with Crippen molar-refractivity contribution in [3.63, 3.8) is 0 Å². The van der Waals surface area contributed by atoms with Crippen LogP contribution in [0.15, 0.2) is 23.8 Å². The molecule has 0 aromatic carbocycles. The van der Waals surface area contributed by atoms with Crippen LogP contribution in [0.25, 0.3) is 0 Å². The normalized spacial score (nSPS) is 26.0. The van der Waals surface area contributed by atoms with Gasteiger partial charge >= 0.3 is 0 Å². The van der Waals surface area contributed by atoms with Gasteiger partial charge in [0, 0.05) is 0 Å². The molecule has 50 valence electrons. The van der Waals surface area contributed by atoms with Gasteiger partial charge in [-0.15, -0.1) is 0 Å². The molecule has 1 unspecified atom stereocenters. The van der Waals surface area contributed by atoms with Gasteiger partial charge in [0.25, 0.3) is 0 Å². The summed E-state index contributed by atoms with van der Waals surface area (Å²) in [5, 5.41) is 8.69. The van der Waals surface area contributed by atoms with Crippen LogP contribution in [0.2, 0.25) is 0 Å². The van der Waals surface area contributed by atoms with Gasteiger partial charge < -0.3 is 5.11 Å². The minimum Gasteiger partial charge on any atom is -0.392 e. The zero-order valence-corrected chi connectivity index (χ0v) is 5.67. The molecule has 0 aromatic heterocycles. The summed E-state index contributed by atoms with van der Waals surface area (Å²) < 4.78 is 0. The molecule has 1 atom stereocenters. The molecule has 0 heterocycles. The summed E-state index contributed by atoms with van der Waals surface area (Å²) in [7, 11) is 0. The van der Waals surface area contributed by atoms with Gasteiger partial charge in [0.15, 0.2) is 0 Å². The van der Waals surface area contributed by atoms with E-state index in [1.165, 1.54) is 0 Å². The predicted octanol–water partition coefficient (Wildman–Crippen LogP) is 1.50. The number of aliphatic hydroxyl groups is 1. The minimum atomic E-state index is 0.181. The lowest BCUT2D eigenvalue weighted by atomic mass is 9.99. The van der Waals surface area contributed by atoms with Crippen LogP contribution in [-0.2, 0) is 0 Å². The number of hydrogen-bond donors (Lipinski definition) is 1. The summed E-state index contributed by atoms with van der Waals surface area (Å²) >= 11 is 0. The molecule has 1 N–H and O–H groups in total. The maximum Gasteiger partial charge on any atom is 0.0678 e. The molecule has 0 saturated carbocycles. The summed E-state index contributed by atoms with van der Waals surface area (Å²) in [6.45, 7) is 2.33. The summed E-state index contributed by atoms with van der Waals surface area (Å²) in [5.41, 5.74) is 1.05. The van der Waals surface area contributed by atoms with Crippen LogP contribution >= 0.6 is 0 Å². The van der Waals surface area contributed by atoms with Crippen LogP contribution in [0, 0.1) is 5.92 Å². The van der Waals surface area contributed by atoms with Crippen molar-refractivity contribution in [3.8, 4) is 0 Å².